The van der Waals surface area contributed by atoms with Gasteiger partial charge in [-0.1, -0.05) is 6.07 Å². The van der Waals surface area contributed by atoms with Gasteiger partial charge in [0.25, 0.3) is 11.7 Å². The Morgan fingerprint density at radius 3 is 2.82 bits per heavy atom. The third-order valence-electron chi connectivity index (χ3n) is 4.44. The van der Waals surface area contributed by atoms with Gasteiger partial charge in [0.1, 0.15) is 10.8 Å². The zero-order chi connectivity index (χ0) is 20.1. The van der Waals surface area contributed by atoms with Gasteiger partial charge in [0.15, 0.2) is 0 Å². The Bertz CT molecular complexity index is 848. The number of carbonyl (C=O) groups is 2. The molecule has 3 rings (SSSR count). The van der Waals surface area contributed by atoms with Crippen molar-refractivity contribution in [1.29, 1.82) is 0 Å². The van der Waals surface area contributed by atoms with E-state index < -0.39 is 5.76 Å². The molecule has 9 heteroatoms. The molecule has 6 nitrogen and oxygen atoms in total. The summed E-state index contributed by atoms with van der Waals surface area (Å²) in [6.07, 6.45) is 4.34. The number of aromatic nitrogens is 2. The minimum atomic E-state index is -2.66. The van der Waals surface area contributed by atoms with Crippen LogP contribution in [-0.2, 0) is 4.79 Å². The number of carbonyl (C=O) groups excluding carboxylic acids is 2. The summed E-state index contributed by atoms with van der Waals surface area (Å²) >= 11 is 0.248. The molecule has 2 amide bonds. The van der Waals surface area contributed by atoms with Crippen LogP contribution >= 0.6 is 11.8 Å². The monoisotopic (exact) mass is 406 g/mol. The van der Waals surface area contributed by atoms with Gasteiger partial charge in [0.05, 0.1) is 11.5 Å². The molecule has 148 valence electrons. The normalized spacial score (nSPS) is 16.9. The molecule has 0 saturated carbocycles. The lowest BCUT2D eigenvalue weighted by Gasteiger charge is -2.32. The number of halogens is 2. The van der Waals surface area contributed by atoms with E-state index in [0.717, 1.165) is 5.56 Å². The van der Waals surface area contributed by atoms with Gasteiger partial charge < -0.3 is 10.2 Å². The highest BCUT2D eigenvalue weighted by Crippen LogP contribution is 2.28. The molecule has 0 aliphatic carbocycles. The van der Waals surface area contributed by atoms with Crippen LogP contribution in [0.1, 0.15) is 28.8 Å². The molecular weight excluding hydrogens is 386 g/mol. The molecular formula is C19H20F2N4O2S. The Morgan fingerprint density at radius 1 is 1.29 bits per heavy atom. The van der Waals surface area contributed by atoms with E-state index in [9.17, 15) is 18.4 Å². The molecule has 2 aromatic heterocycles. The molecule has 0 bridgehead atoms. The van der Waals surface area contributed by atoms with E-state index in [1.54, 1.807) is 18.3 Å². The third-order valence-corrected chi connectivity index (χ3v) is 5.17. The van der Waals surface area contributed by atoms with Crippen LogP contribution in [0.2, 0.25) is 0 Å². The highest BCUT2D eigenvalue weighted by Gasteiger charge is 2.30. The van der Waals surface area contributed by atoms with Gasteiger partial charge in [0, 0.05) is 25.5 Å². The number of rotatable bonds is 5. The summed E-state index contributed by atoms with van der Waals surface area (Å²) in [5.74, 6) is -3.18. The van der Waals surface area contributed by atoms with Crippen molar-refractivity contribution >= 4 is 29.4 Å². The number of amides is 2. The van der Waals surface area contributed by atoms with Crippen molar-refractivity contribution in [3.63, 3.8) is 0 Å². The number of alkyl halides is 2. The molecule has 1 N–H and O–H groups in total. The number of nitrogens with zero attached hydrogens (tertiary/aromatic N) is 3. The average molecular weight is 406 g/mol. The van der Waals surface area contributed by atoms with E-state index in [0.29, 0.717) is 25.2 Å². The number of thioether (sulfide) groups is 1. The summed E-state index contributed by atoms with van der Waals surface area (Å²) in [5.41, 5.74) is 1.12. The van der Waals surface area contributed by atoms with E-state index in [1.807, 2.05) is 13.0 Å². The average Bonchev–Trinajstić information content (AvgIpc) is 2.69. The first-order valence-corrected chi connectivity index (χ1v) is 9.74. The van der Waals surface area contributed by atoms with Crippen LogP contribution in [0.4, 0.5) is 14.6 Å². The maximum atomic E-state index is 12.8. The van der Waals surface area contributed by atoms with Crippen molar-refractivity contribution in [2.24, 2.45) is 5.92 Å². The minimum Gasteiger partial charge on any atom is -0.338 e. The van der Waals surface area contributed by atoms with Gasteiger partial charge in [-0.25, -0.2) is 9.97 Å². The van der Waals surface area contributed by atoms with Crippen molar-refractivity contribution in [2.75, 3.05) is 18.4 Å². The van der Waals surface area contributed by atoms with Crippen molar-refractivity contribution in [1.82, 2.24) is 14.9 Å². The molecule has 2 aromatic rings. The number of nitrogens with one attached hydrogen (secondary N) is 1. The number of anilines is 1. The topological polar surface area (TPSA) is 75.2 Å². The van der Waals surface area contributed by atoms with Gasteiger partial charge in [-0.15, -0.1) is 0 Å². The fourth-order valence-corrected chi connectivity index (χ4v) is 3.62. The second-order valence-corrected chi connectivity index (χ2v) is 7.51. The zero-order valence-corrected chi connectivity index (χ0v) is 16.1. The molecule has 1 fully saturated rings. The maximum Gasteiger partial charge on any atom is 0.290 e. The molecule has 0 radical (unpaired) electrons. The summed E-state index contributed by atoms with van der Waals surface area (Å²) in [7, 11) is 0. The molecule has 0 spiro atoms. The number of pyridine rings is 2. The van der Waals surface area contributed by atoms with Crippen LogP contribution < -0.4 is 5.32 Å². The van der Waals surface area contributed by atoms with Crippen molar-refractivity contribution < 1.29 is 18.4 Å². The summed E-state index contributed by atoms with van der Waals surface area (Å²) in [6.45, 7) is 2.60. The summed E-state index contributed by atoms with van der Waals surface area (Å²) in [4.78, 5) is 35.0. The Hall–Kier alpha value is -2.55. The number of hydrogen-bond donors (Lipinski definition) is 1. The Morgan fingerprint density at radius 2 is 2.11 bits per heavy atom. The zero-order valence-electron chi connectivity index (χ0n) is 15.3. The number of aryl methyl sites for hydroxylation is 1. The Balaban J connectivity index is 1.68. The van der Waals surface area contributed by atoms with E-state index in [-0.39, 0.29) is 46.6 Å². The lowest BCUT2D eigenvalue weighted by Crippen LogP contribution is -2.44. The van der Waals surface area contributed by atoms with Crippen LogP contribution in [0.15, 0.2) is 41.7 Å². The first-order chi connectivity index (χ1) is 13.4. The van der Waals surface area contributed by atoms with E-state index in [1.165, 1.54) is 17.2 Å². The van der Waals surface area contributed by atoms with Gasteiger partial charge in [-0.05, 0) is 55.3 Å². The number of likely N-dealkylation sites (tertiary alicyclic amines) is 1. The van der Waals surface area contributed by atoms with Crippen LogP contribution in [0.25, 0.3) is 0 Å². The lowest BCUT2D eigenvalue weighted by atomic mass is 9.96. The molecule has 1 aliphatic rings. The lowest BCUT2D eigenvalue weighted by molar-refractivity contribution is -0.121. The first-order valence-electron chi connectivity index (χ1n) is 8.86. The van der Waals surface area contributed by atoms with Crippen LogP contribution in [0.3, 0.4) is 0 Å². The predicted molar refractivity (Wildman–Crippen MR) is 102 cm³/mol. The molecule has 1 atom stereocenters. The van der Waals surface area contributed by atoms with Gasteiger partial charge in [-0.3, -0.25) is 9.59 Å². The highest BCUT2D eigenvalue weighted by atomic mass is 32.2. The van der Waals surface area contributed by atoms with Crippen molar-refractivity contribution in [3.8, 4) is 0 Å². The maximum absolute atomic E-state index is 12.8. The largest absolute Gasteiger partial charge is 0.338 e. The SMILES string of the molecule is Cc1ccc(NC(=O)C2CCCN(C(=O)c3cccnc3SC(F)F)C2)nc1. The molecule has 28 heavy (non-hydrogen) atoms. The number of hydrogen-bond acceptors (Lipinski definition) is 5. The van der Waals surface area contributed by atoms with E-state index >= 15 is 0 Å². The first kappa shape index (κ1) is 20.2. The summed E-state index contributed by atoms with van der Waals surface area (Å²) in [6, 6.07) is 6.60. The molecule has 1 aliphatic heterocycles. The number of piperidine rings is 1. The Labute approximate surface area is 165 Å². The van der Waals surface area contributed by atoms with Crippen LogP contribution in [0, 0.1) is 12.8 Å². The third kappa shape index (κ3) is 5.03. The fourth-order valence-electron chi connectivity index (χ4n) is 3.05. The quantitative estimate of drug-likeness (QED) is 0.768. The smallest absolute Gasteiger partial charge is 0.290 e. The molecule has 0 aromatic carbocycles. The molecule has 3 heterocycles. The van der Waals surface area contributed by atoms with E-state index in [4.69, 9.17) is 0 Å². The summed E-state index contributed by atoms with van der Waals surface area (Å²) in [5, 5.41) is 2.77. The minimum absolute atomic E-state index is 0.00192. The van der Waals surface area contributed by atoms with Crippen LogP contribution in [-0.4, -0.2) is 45.5 Å². The highest BCUT2D eigenvalue weighted by molar-refractivity contribution is 7.99. The molecule has 1 unspecified atom stereocenters. The molecule has 1 saturated heterocycles. The standard InChI is InChI=1S/C19H20F2N4O2S/c1-12-6-7-15(23-10-12)24-16(26)13-4-3-9-25(11-13)18(27)14-5-2-8-22-17(14)28-19(20)21/h2,5-8,10,13,19H,3-4,9,11H2,1H3,(H,23,24,26). The Kier molecular flexibility index (Phi) is 6.56. The van der Waals surface area contributed by atoms with Crippen molar-refractivity contribution in [3.05, 3.63) is 47.8 Å². The second-order valence-electron chi connectivity index (χ2n) is 6.53. The second kappa shape index (κ2) is 9.09. The predicted octanol–water partition coefficient (Wildman–Crippen LogP) is 3.59. The van der Waals surface area contributed by atoms with E-state index in [2.05, 4.69) is 15.3 Å². The fraction of sp³-hybridized carbons (Fsp3) is 0.368. The van der Waals surface area contributed by atoms with Crippen molar-refractivity contribution in [2.45, 2.75) is 30.5 Å². The van der Waals surface area contributed by atoms with Gasteiger partial charge in [-0.2, -0.15) is 8.78 Å². The van der Waals surface area contributed by atoms with Crippen LogP contribution in [0.5, 0.6) is 0 Å². The summed E-state index contributed by atoms with van der Waals surface area (Å²) < 4.78 is 25.5. The van der Waals surface area contributed by atoms with Gasteiger partial charge in [0.2, 0.25) is 5.91 Å². The van der Waals surface area contributed by atoms with Gasteiger partial charge >= 0.3 is 0 Å².